The number of halogens is 1. The highest BCUT2D eigenvalue weighted by atomic mass is 35.7. The summed E-state index contributed by atoms with van der Waals surface area (Å²) >= 11 is 6.74. The van der Waals surface area contributed by atoms with Crippen molar-refractivity contribution in [3.05, 3.63) is 29.3 Å². The van der Waals surface area contributed by atoms with Gasteiger partial charge in [0.25, 0.3) is 8.45 Å². The molecular formula is C16H27ClN2OP2. The van der Waals surface area contributed by atoms with Crippen LogP contribution in [0.25, 0.3) is 0 Å². The van der Waals surface area contributed by atoms with Gasteiger partial charge in [0.15, 0.2) is 7.58 Å². The Balaban J connectivity index is 2.35. The molecule has 2 rings (SSSR count). The third-order valence-corrected chi connectivity index (χ3v) is 10.9. The van der Waals surface area contributed by atoms with Gasteiger partial charge in [-0.15, -0.1) is 0 Å². The van der Waals surface area contributed by atoms with Crippen molar-refractivity contribution >= 4 is 27.3 Å². The van der Waals surface area contributed by atoms with Crippen LogP contribution in [0.5, 0.6) is 5.75 Å². The highest BCUT2D eigenvalue weighted by Gasteiger charge is 2.58. The number of aryl methyl sites for hydroxylation is 2. The second kappa shape index (κ2) is 6.19. The van der Waals surface area contributed by atoms with E-state index in [0.717, 1.165) is 5.75 Å². The molecule has 0 aromatic heterocycles. The van der Waals surface area contributed by atoms with E-state index in [1.165, 1.54) is 11.1 Å². The van der Waals surface area contributed by atoms with Crippen LogP contribution in [-0.4, -0.2) is 20.0 Å². The summed E-state index contributed by atoms with van der Waals surface area (Å²) < 4.78 is 11.2. The van der Waals surface area contributed by atoms with Gasteiger partial charge in [0.1, 0.15) is 5.75 Å². The van der Waals surface area contributed by atoms with Crippen molar-refractivity contribution < 1.29 is 4.52 Å². The molecule has 0 saturated carbocycles. The molecule has 6 heteroatoms. The van der Waals surface area contributed by atoms with Gasteiger partial charge in [-0.1, -0.05) is 29.4 Å². The van der Waals surface area contributed by atoms with E-state index in [-0.39, 0.29) is 11.1 Å². The van der Waals surface area contributed by atoms with E-state index in [2.05, 4.69) is 82.5 Å². The van der Waals surface area contributed by atoms with Crippen LogP contribution in [0.3, 0.4) is 0 Å². The third kappa shape index (κ3) is 3.45. The number of nitrogens with zero attached hydrogens (tertiary/aromatic N) is 2. The van der Waals surface area contributed by atoms with Crippen LogP contribution >= 0.6 is 27.3 Å². The van der Waals surface area contributed by atoms with Gasteiger partial charge < -0.3 is 4.52 Å². The van der Waals surface area contributed by atoms with Gasteiger partial charge in [0.2, 0.25) is 0 Å². The molecule has 0 spiro atoms. The van der Waals surface area contributed by atoms with Crippen LogP contribution in [0.2, 0.25) is 0 Å². The van der Waals surface area contributed by atoms with Crippen molar-refractivity contribution in [3.8, 4) is 5.75 Å². The monoisotopic (exact) mass is 360 g/mol. The van der Waals surface area contributed by atoms with Gasteiger partial charge in [-0.3, -0.25) is 0 Å². The fourth-order valence-corrected chi connectivity index (χ4v) is 9.38. The Hall–Kier alpha value is 0.0900. The molecule has 1 heterocycles. The third-order valence-electron chi connectivity index (χ3n) is 3.42. The molecule has 0 amide bonds. The van der Waals surface area contributed by atoms with Gasteiger partial charge in [-0.2, -0.15) is 8.88 Å². The topological polar surface area (TPSA) is 15.7 Å². The molecule has 1 fully saturated rings. The van der Waals surface area contributed by atoms with Crippen LogP contribution in [-0.2, 0) is 0 Å². The quantitative estimate of drug-likeness (QED) is 0.553. The zero-order chi connectivity index (χ0) is 16.9. The summed E-state index contributed by atoms with van der Waals surface area (Å²) in [5.41, 5.74) is 2.35. The zero-order valence-corrected chi connectivity index (χ0v) is 17.4. The van der Waals surface area contributed by atoms with Crippen molar-refractivity contribution in [1.82, 2.24) is 8.88 Å². The van der Waals surface area contributed by atoms with Crippen LogP contribution in [0.4, 0.5) is 0 Å². The Bertz CT molecular complexity index is 512. The van der Waals surface area contributed by atoms with Crippen LogP contribution < -0.4 is 4.52 Å². The molecule has 22 heavy (non-hydrogen) atoms. The molecule has 1 aliphatic rings. The predicted molar refractivity (Wildman–Crippen MR) is 99.4 cm³/mol. The first-order valence-corrected chi connectivity index (χ1v) is 10.9. The maximum absolute atomic E-state index is 6.74. The van der Waals surface area contributed by atoms with Crippen molar-refractivity contribution in [2.45, 2.75) is 66.5 Å². The molecule has 0 N–H and O–H groups in total. The molecule has 0 bridgehead atoms. The maximum Gasteiger partial charge on any atom is 0.260 e. The predicted octanol–water partition coefficient (Wildman–Crippen LogP) is 6.59. The Morgan fingerprint density at radius 3 is 1.68 bits per heavy atom. The Morgan fingerprint density at radius 2 is 1.32 bits per heavy atom. The van der Waals surface area contributed by atoms with Gasteiger partial charge in [0, 0.05) is 11.1 Å². The standard InChI is InChI=1S/C16H27ClN2OP2/c1-12-10-9-11-13(2)14(12)20-22-18(15(3,4)5)21(17)19(22)16(6,7)8/h9-11H,1-8H3. The average molecular weight is 361 g/mol. The summed E-state index contributed by atoms with van der Waals surface area (Å²) in [5.74, 6) is 0.997. The molecule has 1 aromatic carbocycles. The number of hydrogen-bond donors (Lipinski definition) is 0. The Kier molecular flexibility index (Phi) is 5.18. The molecule has 0 unspecified atom stereocenters. The van der Waals surface area contributed by atoms with E-state index in [0.29, 0.717) is 0 Å². The van der Waals surface area contributed by atoms with E-state index in [1.54, 1.807) is 0 Å². The Morgan fingerprint density at radius 1 is 0.909 bits per heavy atom. The zero-order valence-electron chi connectivity index (χ0n) is 14.8. The minimum atomic E-state index is -0.885. The first-order valence-electron chi connectivity index (χ1n) is 7.55. The summed E-state index contributed by atoms with van der Waals surface area (Å²) in [5, 5.41) is 0. The molecule has 124 valence electrons. The number of rotatable bonds is 2. The first kappa shape index (κ1) is 18.4. The minimum absolute atomic E-state index is 0.00248. The summed E-state index contributed by atoms with van der Waals surface area (Å²) in [6.45, 7) is 17.4. The van der Waals surface area contributed by atoms with E-state index in [4.69, 9.17) is 15.8 Å². The smallest absolute Gasteiger partial charge is 0.260 e. The second-order valence-electron chi connectivity index (χ2n) is 7.73. The fourth-order valence-electron chi connectivity index (χ4n) is 2.37. The normalized spacial score (nSPS) is 24.2. The van der Waals surface area contributed by atoms with Crippen molar-refractivity contribution in [2.75, 3.05) is 0 Å². The van der Waals surface area contributed by atoms with Crippen LogP contribution in [0.15, 0.2) is 18.2 Å². The van der Waals surface area contributed by atoms with Crippen molar-refractivity contribution in [1.29, 1.82) is 0 Å². The van der Waals surface area contributed by atoms with Crippen molar-refractivity contribution in [3.63, 3.8) is 0 Å². The highest BCUT2D eigenvalue weighted by molar-refractivity contribution is 7.95. The van der Waals surface area contributed by atoms with Gasteiger partial charge in [-0.25, -0.2) is 0 Å². The molecule has 1 aromatic rings. The summed E-state index contributed by atoms with van der Waals surface area (Å²) in [6.07, 6.45) is 0. The molecule has 0 radical (unpaired) electrons. The van der Waals surface area contributed by atoms with Gasteiger partial charge >= 0.3 is 0 Å². The molecule has 3 nitrogen and oxygen atoms in total. The maximum atomic E-state index is 6.74. The second-order valence-corrected chi connectivity index (χ2v) is 12.0. The van der Waals surface area contributed by atoms with E-state index in [9.17, 15) is 0 Å². The SMILES string of the molecule is Cc1cccc(C)c1OP1N(C(C)(C)C)P(Cl)N1C(C)(C)C. The number of para-hydroxylation sites is 1. The summed E-state index contributed by atoms with van der Waals surface area (Å²) in [7, 11) is -1.72. The van der Waals surface area contributed by atoms with Crippen LogP contribution in [0.1, 0.15) is 52.7 Å². The number of benzene rings is 1. The largest absolute Gasteiger partial charge is 0.443 e. The lowest BCUT2D eigenvalue weighted by Gasteiger charge is -2.60. The van der Waals surface area contributed by atoms with Crippen LogP contribution in [0, 0.1) is 13.8 Å². The molecule has 0 atom stereocenters. The van der Waals surface area contributed by atoms with Gasteiger partial charge in [-0.05, 0) is 66.5 Å². The molecular weight excluding hydrogens is 334 g/mol. The highest BCUT2D eigenvalue weighted by Crippen LogP contribution is 2.83. The molecule has 1 saturated heterocycles. The lowest BCUT2D eigenvalue weighted by molar-refractivity contribution is 0.257. The lowest BCUT2D eigenvalue weighted by atomic mass is 10.1. The van der Waals surface area contributed by atoms with Crippen molar-refractivity contribution in [2.24, 2.45) is 0 Å². The molecule has 0 aliphatic carbocycles. The van der Waals surface area contributed by atoms with E-state index in [1.807, 2.05) is 0 Å². The average Bonchev–Trinajstić information content (AvgIpc) is 2.28. The lowest BCUT2D eigenvalue weighted by Crippen LogP contribution is -2.52. The van der Waals surface area contributed by atoms with Gasteiger partial charge in [0.05, 0.1) is 0 Å². The number of hydrogen-bond acceptors (Lipinski definition) is 3. The van der Waals surface area contributed by atoms with E-state index >= 15 is 0 Å². The first-order chi connectivity index (χ1) is 9.94. The van der Waals surface area contributed by atoms with E-state index < -0.39 is 16.0 Å². The summed E-state index contributed by atoms with van der Waals surface area (Å²) in [6, 6.07) is 6.27. The molecule has 1 aliphatic heterocycles. The minimum Gasteiger partial charge on any atom is -0.443 e. The fraction of sp³-hybridized carbons (Fsp3) is 0.625. The Labute approximate surface area is 142 Å². The summed E-state index contributed by atoms with van der Waals surface area (Å²) in [4.78, 5) is 0.